The Hall–Kier alpha value is -1.50. The third kappa shape index (κ3) is 4.06. The number of aromatic nitrogens is 1. The molecular weight excluding hydrogens is 273 g/mol. The number of hydrogen-bond donors (Lipinski definition) is 1. The molecule has 0 fully saturated rings. The lowest BCUT2D eigenvalue weighted by molar-refractivity contribution is -0.132. The summed E-state index contributed by atoms with van der Waals surface area (Å²) in [5.41, 5.74) is -0.191. The van der Waals surface area contributed by atoms with Gasteiger partial charge in [0.05, 0.1) is 6.42 Å². The van der Waals surface area contributed by atoms with E-state index < -0.39 is 25.1 Å². The molecule has 1 heterocycles. The van der Waals surface area contributed by atoms with Gasteiger partial charge in [0.1, 0.15) is 16.5 Å². The lowest BCUT2D eigenvalue weighted by atomic mass is 10.2. The number of carbonyl (C=O) groups is 1. The zero-order valence-electron chi connectivity index (χ0n) is 9.33. The minimum Gasteiger partial charge on any atom is -0.478 e. The van der Waals surface area contributed by atoms with Crippen molar-refractivity contribution >= 4 is 23.4 Å². The maximum Gasteiger partial charge on any atom is 0.390 e. The zero-order chi connectivity index (χ0) is 13.9. The first-order valence-corrected chi connectivity index (χ1v) is 5.26. The molecule has 0 spiro atoms. The fourth-order valence-corrected chi connectivity index (χ4v) is 1.43. The Kier molecular flexibility index (Phi) is 4.39. The Morgan fingerprint density at radius 1 is 1.50 bits per heavy atom. The molecule has 0 radical (unpaired) electrons. The standard InChI is InChI=1S/C10H10ClF3N2O2/c1-16(5-4-10(12,13)14)8-6(9(17)18)2-3-7(11)15-8/h2-3H,4-5H2,1H3,(H,17,18). The van der Waals surface area contributed by atoms with E-state index in [1.807, 2.05) is 0 Å². The molecule has 4 nitrogen and oxygen atoms in total. The van der Waals surface area contributed by atoms with Crippen molar-refractivity contribution in [1.82, 2.24) is 4.98 Å². The Morgan fingerprint density at radius 3 is 2.61 bits per heavy atom. The van der Waals surface area contributed by atoms with Crippen molar-refractivity contribution < 1.29 is 23.1 Å². The van der Waals surface area contributed by atoms with Gasteiger partial charge in [0.2, 0.25) is 0 Å². The molecule has 0 saturated heterocycles. The molecule has 0 saturated carbocycles. The summed E-state index contributed by atoms with van der Waals surface area (Å²) in [6.45, 7) is -0.392. The van der Waals surface area contributed by atoms with Crippen LogP contribution in [0.3, 0.4) is 0 Å². The predicted molar refractivity (Wildman–Crippen MR) is 60.1 cm³/mol. The number of nitrogens with zero attached hydrogens (tertiary/aromatic N) is 2. The van der Waals surface area contributed by atoms with Crippen molar-refractivity contribution in [2.45, 2.75) is 12.6 Å². The van der Waals surface area contributed by atoms with Gasteiger partial charge in [-0.05, 0) is 12.1 Å². The van der Waals surface area contributed by atoms with Crippen molar-refractivity contribution in [3.63, 3.8) is 0 Å². The van der Waals surface area contributed by atoms with Gasteiger partial charge >= 0.3 is 12.1 Å². The molecule has 1 N–H and O–H groups in total. The molecule has 1 aromatic heterocycles. The molecule has 0 unspecified atom stereocenters. The van der Waals surface area contributed by atoms with Crippen LogP contribution < -0.4 is 4.90 Å². The third-order valence-corrected chi connectivity index (χ3v) is 2.37. The molecule has 0 aliphatic carbocycles. The van der Waals surface area contributed by atoms with Crippen LogP contribution in [-0.4, -0.2) is 35.8 Å². The first kappa shape index (κ1) is 14.6. The molecule has 0 aromatic carbocycles. The number of pyridine rings is 1. The van der Waals surface area contributed by atoms with Gasteiger partial charge in [-0.3, -0.25) is 0 Å². The van der Waals surface area contributed by atoms with E-state index in [1.54, 1.807) is 0 Å². The quantitative estimate of drug-likeness (QED) is 0.863. The van der Waals surface area contributed by atoms with Crippen molar-refractivity contribution in [1.29, 1.82) is 0 Å². The smallest absolute Gasteiger partial charge is 0.390 e. The second-order valence-corrected chi connectivity index (χ2v) is 3.98. The summed E-state index contributed by atoms with van der Waals surface area (Å²) >= 11 is 5.60. The molecular formula is C10H10ClF3N2O2. The maximum absolute atomic E-state index is 12.1. The van der Waals surface area contributed by atoms with Crippen LogP contribution >= 0.6 is 11.6 Å². The highest BCUT2D eigenvalue weighted by atomic mass is 35.5. The Bertz CT molecular complexity index is 451. The van der Waals surface area contributed by atoms with E-state index in [-0.39, 0.29) is 16.5 Å². The Morgan fingerprint density at radius 2 is 2.11 bits per heavy atom. The average molecular weight is 283 g/mol. The third-order valence-electron chi connectivity index (χ3n) is 2.16. The summed E-state index contributed by atoms with van der Waals surface area (Å²) in [5.74, 6) is -1.35. The predicted octanol–water partition coefficient (Wildman–Crippen LogP) is 2.82. The monoisotopic (exact) mass is 282 g/mol. The molecule has 0 aliphatic rings. The SMILES string of the molecule is CN(CCC(F)(F)F)c1nc(Cl)ccc1C(=O)O. The van der Waals surface area contributed by atoms with Crippen molar-refractivity contribution in [3.05, 3.63) is 22.8 Å². The lowest BCUT2D eigenvalue weighted by Gasteiger charge is -2.20. The van der Waals surface area contributed by atoms with Crippen LogP contribution in [0.4, 0.5) is 19.0 Å². The summed E-state index contributed by atoms with van der Waals surface area (Å²) in [7, 11) is 1.33. The van der Waals surface area contributed by atoms with Gasteiger partial charge in [0.15, 0.2) is 0 Å². The van der Waals surface area contributed by atoms with Crippen molar-refractivity contribution in [3.8, 4) is 0 Å². The van der Waals surface area contributed by atoms with Gasteiger partial charge < -0.3 is 10.0 Å². The Labute approximate surface area is 106 Å². The fraction of sp³-hybridized carbons (Fsp3) is 0.400. The fourth-order valence-electron chi connectivity index (χ4n) is 1.28. The van der Waals surface area contributed by atoms with Crippen LogP contribution in [0.25, 0.3) is 0 Å². The summed E-state index contributed by atoms with van der Waals surface area (Å²) < 4.78 is 36.2. The summed E-state index contributed by atoms with van der Waals surface area (Å²) in [5, 5.41) is 8.92. The molecule has 0 atom stereocenters. The first-order chi connectivity index (χ1) is 8.20. The van der Waals surface area contributed by atoms with E-state index in [1.165, 1.54) is 19.2 Å². The van der Waals surface area contributed by atoms with Gasteiger partial charge in [0, 0.05) is 13.6 Å². The largest absolute Gasteiger partial charge is 0.478 e. The number of aromatic carboxylic acids is 1. The lowest BCUT2D eigenvalue weighted by Crippen LogP contribution is -2.26. The number of carboxylic acids is 1. The van der Waals surface area contributed by atoms with E-state index in [4.69, 9.17) is 16.7 Å². The van der Waals surface area contributed by atoms with Gasteiger partial charge in [-0.2, -0.15) is 13.2 Å². The normalized spacial score (nSPS) is 11.4. The topological polar surface area (TPSA) is 53.4 Å². The van der Waals surface area contributed by atoms with Crippen LogP contribution in [0.5, 0.6) is 0 Å². The molecule has 1 rings (SSSR count). The summed E-state index contributed by atoms with van der Waals surface area (Å²) in [6, 6.07) is 2.48. The molecule has 18 heavy (non-hydrogen) atoms. The van der Waals surface area contributed by atoms with E-state index in [0.29, 0.717) is 0 Å². The highest BCUT2D eigenvalue weighted by molar-refractivity contribution is 6.29. The maximum atomic E-state index is 12.1. The van der Waals surface area contributed by atoms with Gasteiger partial charge in [0.25, 0.3) is 0 Å². The minimum absolute atomic E-state index is 0.0221. The van der Waals surface area contributed by atoms with Crippen LogP contribution in [0.1, 0.15) is 16.8 Å². The van der Waals surface area contributed by atoms with Gasteiger partial charge in [-0.15, -0.1) is 0 Å². The minimum atomic E-state index is -4.31. The second-order valence-electron chi connectivity index (χ2n) is 3.60. The highest BCUT2D eigenvalue weighted by Crippen LogP contribution is 2.24. The van der Waals surface area contributed by atoms with Gasteiger partial charge in [-0.25, -0.2) is 9.78 Å². The first-order valence-electron chi connectivity index (χ1n) is 4.88. The Balaban J connectivity index is 2.93. The molecule has 100 valence electrons. The van der Waals surface area contributed by atoms with E-state index in [9.17, 15) is 18.0 Å². The number of rotatable bonds is 4. The van der Waals surface area contributed by atoms with E-state index in [0.717, 1.165) is 4.90 Å². The van der Waals surface area contributed by atoms with Crippen molar-refractivity contribution in [2.75, 3.05) is 18.5 Å². The molecule has 8 heteroatoms. The van der Waals surface area contributed by atoms with Crippen LogP contribution in [-0.2, 0) is 0 Å². The molecule has 0 amide bonds. The second kappa shape index (κ2) is 5.43. The summed E-state index contributed by atoms with van der Waals surface area (Å²) in [6.07, 6.45) is -5.37. The number of hydrogen-bond acceptors (Lipinski definition) is 3. The van der Waals surface area contributed by atoms with E-state index in [2.05, 4.69) is 4.98 Å². The van der Waals surface area contributed by atoms with E-state index >= 15 is 0 Å². The van der Waals surface area contributed by atoms with Crippen LogP contribution in [0.2, 0.25) is 5.15 Å². The number of halogens is 4. The molecule has 0 bridgehead atoms. The highest BCUT2D eigenvalue weighted by Gasteiger charge is 2.28. The van der Waals surface area contributed by atoms with Crippen molar-refractivity contribution in [2.24, 2.45) is 0 Å². The molecule has 1 aromatic rings. The number of carboxylic acid groups (broad SMARTS) is 1. The van der Waals surface area contributed by atoms with Gasteiger partial charge in [-0.1, -0.05) is 11.6 Å². The average Bonchev–Trinajstić information content (AvgIpc) is 2.24. The number of anilines is 1. The molecule has 0 aliphatic heterocycles. The van der Waals surface area contributed by atoms with Crippen LogP contribution in [0.15, 0.2) is 12.1 Å². The van der Waals surface area contributed by atoms with Crippen LogP contribution in [0, 0.1) is 0 Å². The summed E-state index contributed by atoms with van der Waals surface area (Å²) in [4.78, 5) is 15.8. The zero-order valence-corrected chi connectivity index (χ0v) is 10.1. The number of alkyl halides is 3.